The van der Waals surface area contributed by atoms with Gasteiger partial charge in [0.2, 0.25) is 5.82 Å². The number of aromatic amines is 1. The highest BCUT2D eigenvalue weighted by Gasteiger charge is 2.59. The summed E-state index contributed by atoms with van der Waals surface area (Å²) < 4.78 is 86.2. The fraction of sp³-hybridized carbons (Fsp3) is 0.304. The van der Waals surface area contributed by atoms with Crippen LogP contribution in [0.15, 0.2) is 48.5 Å². The van der Waals surface area contributed by atoms with Gasteiger partial charge in [-0.25, -0.2) is 0 Å². The Morgan fingerprint density at radius 2 is 1.78 bits per heavy atom. The molecule has 1 atom stereocenters. The number of halogens is 7. The number of aromatic nitrogens is 4. The van der Waals surface area contributed by atoms with Gasteiger partial charge in [0, 0.05) is 17.9 Å². The van der Waals surface area contributed by atoms with Crippen molar-refractivity contribution in [1.82, 2.24) is 25.9 Å². The number of nitrogens with one attached hydrogen (secondary N) is 2. The summed E-state index contributed by atoms with van der Waals surface area (Å²) in [4.78, 5) is 13.2. The summed E-state index contributed by atoms with van der Waals surface area (Å²) in [6.45, 7) is -0.268. The monoisotopic (exact) mass is 545 g/mol. The van der Waals surface area contributed by atoms with Crippen LogP contribution >= 0.6 is 11.6 Å². The summed E-state index contributed by atoms with van der Waals surface area (Å²) in [6, 6.07) is 10.6. The zero-order valence-electron chi connectivity index (χ0n) is 18.8. The molecule has 2 heterocycles. The molecule has 2 N–H and O–H groups in total. The summed E-state index contributed by atoms with van der Waals surface area (Å²) in [5.74, 6) is -1.18. The van der Waals surface area contributed by atoms with E-state index >= 15 is 0 Å². The molecule has 1 aliphatic rings. The van der Waals surface area contributed by atoms with E-state index in [2.05, 4.69) is 25.9 Å². The molecule has 1 aromatic heterocycles. The predicted octanol–water partition coefficient (Wildman–Crippen LogP) is 5.46. The molecule has 3 aromatic rings. The fourth-order valence-corrected chi connectivity index (χ4v) is 4.22. The van der Waals surface area contributed by atoms with E-state index in [9.17, 15) is 31.1 Å². The van der Waals surface area contributed by atoms with Crippen molar-refractivity contribution in [2.45, 2.75) is 37.2 Å². The second kappa shape index (κ2) is 10.0. The maximum absolute atomic E-state index is 14.7. The van der Waals surface area contributed by atoms with E-state index in [4.69, 9.17) is 16.3 Å². The Morgan fingerprint density at radius 1 is 1.05 bits per heavy atom. The minimum absolute atomic E-state index is 0.00236. The molecule has 196 valence electrons. The molecule has 4 rings (SSSR count). The number of ether oxygens (including phenoxy) is 1. The van der Waals surface area contributed by atoms with Crippen LogP contribution < -0.4 is 10.1 Å². The van der Waals surface area contributed by atoms with Crippen LogP contribution in [0.25, 0.3) is 11.1 Å². The molecule has 0 bridgehead atoms. The number of hydrogen-bond acceptors (Lipinski definition) is 5. The topological polar surface area (TPSA) is 92.8 Å². The van der Waals surface area contributed by atoms with Gasteiger partial charge in [0.05, 0.1) is 12.2 Å². The molecule has 1 unspecified atom stereocenters. The number of rotatable bonds is 7. The van der Waals surface area contributed by atoms with Gasteiger partial charge in [-0.3, -0.25) is 4.79 Å². The van der Waals surface area contributed by atoms with Crippen molar-refractivity contribution in [1.29, 1.82) is 0 Å². The standard InChI is InChI=1S/C23H18ClF6N5O2/c24-15-4-1-3-13(11-15)17-12-21(23(28,29)30,31-20(36)18(17)19-32-34-35-33-19)14-5-7-16(8-6-14)37-10-2-9-22(25,26)27/h1,3-8,11H,2,9-10,12H2,(H,31,36)(H,32,33,34,35). The van der Waals surface area contributed by atoms with E-state index in [1.807, 2.05) is 0 Å². The van der Waals surface area contributed by atoms with Crippen molar-refractivity contribution >= 4 is 28.7 Å². The van der Waals surface area contributed by atoms with Crippen molar-refractivity contribution in [3.05, 3.63) is 70.5 Å². The fourth-order valence-electron chi connectivity index (χ4n) is 4.03. The normalized spacial score (nSPS) is 18.6. The second-order valence-electron chi connectivity index (χ2n) is 8.22. The number of hydrogen-bond donors (Lipinski definition) is 2. The van der Waals surface area contributed by atoms with Crippen LogP contribution in [0.5, 0.6) is 5.75 Å². The highest BCUT2D eigenvalue weighted by atomic mass is 35.5. The maximum Gasteiger partial charge on any atom is 0.416 e. The first kappa shape index (κ1) is 26.5. The number of benzene rings is 2. The first-order valence-corrected chi connectivity index (χ1v) is 11.2. The van der Waals surface area contributed by atoms with Crippen molar-refractivity contribution < 1.29 is 35.9 Å². The Labute approximate surface area is 210 Å². The second-order valence-corrected chi connectivity index (χ2v) is 8.66. The molecule has 0 spiro atoms. The molecule has 2 aromatic carbocycles. The van der Waals surface area contributed by atoms with Gasteiger partial charge in [0.1, 0.15) is 5.75 Å². The molecule has 0 saturated carbocycles. The molecular formula is C23H18ClF6N5O2. The minimum atomic E-state index is -4.95. The van der Waals surface area contributed by atoms with E-state index in [0.29, 0.717) is 0 Å². The van der Waals surface area contributed by atoms with Crippen molar-refractivity contribution in [2.75, 3.05) is 6.61 Å². The van der Waals surface area contributed by atoms with Crippen molar-refractivity contribution in [3.63, 3.8) is 0 Å². The van der Waals surface area contributed by atoms with Crippen LogP contribution in [-0.4, -0.2) is 45.5 Å². The molecule has 1 amide bonds. The van der Waals surface area contributed by atoms with Crippen LogP contribution in [-0.2, 0) is 10.3 Å². The number of carbonyl (C=O) groups is 1. The van der Waals surface area contributed by atoms with E-state index in [-0.39, 0.29) is 51.9 Å². The lowest BCUT2D eigenvalue weighted by Crippen LogP contribution is -2.58. The van der Waals surface area contributed by atoms with E-state index in [0.717, 1.165) is 12.1 Å². The number of carbonyl (C=O) groups excluding carboxylic acids is 1. The van der Waals surface area contributed by atoms with Crippen molar-refractivity contribution in [3.8, 4) is 5.75 Å². The van der Waals surface area contributed by atoms with Gasteiger partial charge >= 0.3 is 12.4 Å². The molecule has 37 heavy (non-hydrogen) atoms. The third kappa shape index (κ3) is 5.71. The van der Waals surface area contributed by atoms with Gasteiger partial charge < -0.3 is 10.1 Å². The first-order valence-electron chi connectivity index (χ1n) is 10.8. The molecular weight excluding hydrogens is 528 g/mol. The SMILES string of the molecule is O=C1NC(c2ccc(OCCCC(F)(F)F)cc2)(C(F)(F)F)CC(c2cccc(Cl)c2)=C1c1nn[nH]n1. The third-order valence-electron chi connectivity index (χ3n) is 5.74. The van der Waals surface area contributed by atoms with Crippen LogP contribution in [0.4, 0.5) is 26.3 Å². The molecule has 1 aliphatic heterocycles. The maximum atomic E-state index is 14.7. The molecule has 0 radical (unpaired) electrons. The largest absolute Gasteiger partial charge is 0.494 e. The minimum Gasteiger partial charge on any atom is -0.494 e. The van der Waals surface area contributed by atoms with Gasteiger partial charge in [-0.15, -0.1) is 10.2 Å². The lowest BCUT2D eigenvalue weighted by Gasteiger charge is -2.41. The summed E-state index contributed by atoms with van der Waals surface area (Å²) in [5, 5.41) is 15.4. The van der Waals surface area contributed by atoms with Crippen LogP contribution in [0.2, 0.25) is 5.02 Å². The van der Waals surface area contributed by atoms with Crippen LogP contribution in [0.3, 0.4) is 0 Å². The number of alkyl halides is 6. The highest BCUT2D eigenvalue weighted by Crippen LogP contribution is 2.49. The van der Waals surface area contributed by atoms with Gasteiger partial charge in [0.25, 0.3) is 5.91 Å². The predicted molar refractivity (Wildman–Crippen MR) is 120 cm³/mol. The summed E-state index contributed by atoms with van der Waals surface area (Å²) in [6.07, 6.45) is -11.4. The Kier molecular flexibility index (Phi) is 7.18. The summed E-state index contributed by atoms with van der Waals surface area (Å²) in [7, 11) is 0. The van der Waals surface area contributed by atoms with Gasteiger partial charge in [-0.2, -0.15) is 31.6 Å². The first-order chi connectivity index (χ1) is 17.4. The number of tetrazole rings is 1. The van der Waals surface area contributed by atoms with Gasteiger partial charge in [-0.1, -0.05) is 35.9 Å². The highest BCUT2D eigenvalue weighted by molar-refractivity contribution is 6.31. The number of nitrogens with zero attached hydrogens (tertiary/aromatic N) is 3. The lowest BCUT2D eigenvalue weighted by atomic mass is 9.76. The van der Waals surface area contributed by atoms with Crippen LogP contribution in [0.1, 0.15) is 36.2 Å². The molecule has 14 heteroatoms. The average molecular weight is 546 g/mol. The summed E-state index contributed by atoms with van der Waals surface area (Å²) in [5.41, 5.74) is -3.08. The molecule has 0 aliphatic carbocycles. The zero-order chi connectivity index (χ0) is 26.8. The Morgan fingerprint density at radius 3 is 2.38 bits per heavy atom. The Balaban J connectivity index is 1.72. The lowest BCUT2D eigenvalue weighted by molar-refractivity contribution is -0.201. The van der Waals surface area contributed by atoms with Crippen LogP contribution in [0, 0.1) is 0 Å². The average Bonchev–Trinajstić information content (AvgIpc) is 3.35. The zero-order valence-corrected chi connectivity index (χ0v) is 19.5. The smallest absolute Gasteiger partial charge is 0.416 e. The Bertz CT molecular complexity index is 1290. The molecule has 0 saturated heterocycles. The number of H-pyrrole nitrogens is 1. The van der Waals surface area contributed by atoms with Gasteiger partial charge in [-0.05, 0) is 52.6 Å². The number of amides is 1. The molecule has 7 nitrogen and oxygen atoms in total. The summed E-state index contributed by atoms with van der Waals surface area (Å²) >= 11 is 6.07. The molecule has 0 fully saturated rings. The van der Waals surface area contributed by atoms with Gasteiger partial charge in [0.15, 0.2) is 5.54 Å². The van der Waals surface area contributed by atoms with E-state index < -0.39 is 36.6 Å². The third-order valence-corrected chi connectivity index (χ3v) is 5.98. The Hall–Kier alpha value is -3.61. The van der Waals surface area contributed by atoms with E-state index in [1.54, 1.807) is 0 Å². The van der Waals surface area contributed by atoms with Crippen molar-refractivity contribution in [2.24, 2.45) is 0 Å². The van der Waals surface area contributed by atoms with E-state index in [1.165, 1.54) is 36.4 Å². The quantitative estimate of drug-likeness (QED) is 0.304.